The number of likely N-dealkylation sites (N-methyl/N-ethyl adjacent to an activating group) is 1. The molecule has 14 heteroatoms. The smallest absolute Gasteiger partial charge is 0.360 e. The molecule has 2 N–H and O–H groups in total. The zero-order valence-corrected chi connectivity index (χ0v) is 23.9. The lowest BCUT2D eigenvalue weighted by molar-refractivity contribution is -0.132. The van der Waals surface area contributed by atoms with Crippen molar-refractivity contribution in [2.24, 2.45) is 4.99 Å². The quantitative estimate of drug-likeness (QED) is 0.526. The van der Waals surface area contributed by atoms with Gasteiger partial charge in [-0.25, -0.2) is 9.30 Å². The van der Waals surface area contributed by atoms with Gasteiger partial charge in [-0.1, -0.05) is 67.8 Å². The Morgan fingerprint density at radius 1 is 1.00 bits per heavy atom. The summed E-state index contributed by atoms with van der Waals surface area (Å²) in [6.07, 6.45) is -3.94. The van der Waals surface area contributed by atoms with E-state index in [9.17, 15) is 31.2 Å². The molecule has 5 rings (SSSR count). The molecule has 0 aromatic heterocycles. The standard InChI is InChI=1S/C28H31F3N6O4S/c1-35-17-22(28(29,30)31)37(18-35)42(40,41)34-27(15-9-4-10-16-27)26(39)33-24-25(38)36(2)21-14-8-7-13-20(21)23(32-24)19-11-5-3-6-12-19/h3,5-8,11-14,17,24,34H,4,9-10,15-16,18H2,1-2H3,(H,33,39). The van der Waals surface area contributed by atoms with Crippen molar-refractivity contribution in [3.8, 4) is 0 Å². The van der Waals surface area contributed by atoms with Crippen LogP contribution in [-0.4, -0.2) is 73.8 Å². The first-order chi connectivity index (χ1) is 19.8. The van der Waals surface area contributed by atoms with Crippen LogP contribution in [0.5, 0.6) is 0 Å². The Labute approximate surface area is 242 Å². The van der Waals surface area contributed by atoms with Crippen LogP contribution in [-0.2, 0) is 19.8 Å². The fourth-order valence-corrected chi connectivity index (χ4v) is 7.19. The third kappa shape index (κ3) is 5.60. The summed E-state index contributed by atoms with van der Waals surface area (Å²) in [6.45, 7) is -0.573. The lowest BCUT2D eigenvalue weighted by Gasteiger charge is -2.38. The number of fused-ring (bicyclic) bond motifs is 1. The summed E-state index contributed by atoms with van der Waals surface area (Å²) < 4.78 is 70.5. The van der Waals surface area contributed by atoms with Crippen LogP contribution in [0.3, 0.4) is 0 Å². The van der Waals surface area contributed by atoms with Crippen LogP contribution in [0.2, 0.25) is 0 Å². The SMILES string of the molecule is CN1C=C(C(F)(F)F)N(S(=O)(=O)NC2(C(=O)NC3N=C(c4ccccc4)c4ccccc4N(C)C3=O)CCCCC2)C1. The van der Waals surface area contributed by atoms with Crippen LogP contribution in [0, 0.1) is 0 Å². The molecule has 0 saturated heterocycles. The van der Waals surface area contributed by atoms with E-state index in [0.717, 1.165) is 4.90 Å². The van der Waals surface area contributed by atoms with Gasteiger partial charge in [0, 0.05) is 31.4 Å². The van der Waals surface area contributed by atoms with Crippen LogP contribution < -0.4 is 14.9 Å². The molecule has 0 bridgehead atoms. The summed E-state index contributed by atoms with van der Waals surface area (Å²) in [6, 6.07) is 16.2. The number of carbonyl (C=O) groups is 2. The first-order valence-electron chi connectivity index (χ1n) is 13.4. The summed E-state index contributed by atoms with van der Waals surface area (Å²) in [5.41, 5.74) is -0.763. The van der Waals surface area contributed by atoms with E-state index in [1.165, 1.54) is 11.9 Å². The summed E-state index contributed by atoms with van der Waals surface area (Å²) in [5, 5.41) is 2.64. The molecule has 1 atom stereocenters. The number of benzene rings is 2. The van der Waals surface area contributed by atoms with Crippen LogP contribution >= 0.6 is 0 Å². The van der Waals surface area contributed by atoms with Crippen molar-refractivity contribution >= 4 is 33.4 Å². The number of aliphatic imine (C=N–C) groups is 1. The van der Waals surface area contributed by atoms with Crippen molar-refractivity contribution in [3.05, 3.63) is 77.6 Å². The number of amides is 2. The van der Waals surface area contributed by atoms with Crippen molar-refractivity contribution < 1.29 is 31.2 Å². The van der Waals surface area contributed by atoms with Crippen molar-refractivity contribution in [1.29, 1.82) is 0 Å². The van der Waals surface area contributed by atoms with E-state index in [4.69, 9.17) is 0 Å². The number of nitrogens with one attached hydrogen (secondary N) is 2. The minimum atomic E-state index is -4.93. The Morgan fingerprint density at radius 3 is 2.31 bits per heavy atom. The Morgan fingerprint density at radius 2 is 1.64 bits per heavy atom. The van der Waals surface area contributed by atoms with Gasteiger partial charge in [0.15, 0.2) is 5.70 Å². The Hall–Kier alpha value is -3.91. The lowest BCUT2D eigenvalue weighted by Crippen LogP contribution is -2.64. The van der Waals surface area contributed by atoms with Gasteiger partial charge >= 0.3 is 16.4 Å². The van der Waals surface area contributed by atoms with E-state index in [0.29, 0.717) is 48.0 Å². The van der Waals surface area contributed by atoms with Crippen LogP contribution in [0.15, 0.2) is 71.5 Å². The molecular weight excluding hydrogens is 573 g/mol. The van der Waals surface area contributed by atoms with Crippen molar-refractivity contribution in [3.63, 3.8) is 0 Å². The fraction of sp³-hybridized carbons (Fsp3) is 0.393. The van der Waals surface area contributed by atoms with E-state index in [2.05, 4.69) is 15.0 Å². The molecule has 10 nitrogen and oxygen atoms in total. The van der Waals surface area contributed by atoms with Gasteiger partial charge in [0.05, 0.1) is 11.4 Å². The highest BCUT2D eigenvalue weighted by atomic mass is 32.2. The predicted molar refractivity (Wildman–Crippen MR) is 150 cm³/mol. The number of benzodiazepines with no additional fused rings is 1. The van der Waals surface area contributed by atoms with Gasteiger partial charge in [0.25, 0.3) is 5.91 Å². The van der Waals surface area contributed by atoms with Crippen LogP contribution in [0.4, 0.5) is 18.9 Å². The largest absolute Gasteiger partial charge is 0.433 e. The van der Waals surface area contributed by atoms with E-state index in [1.807, 2.05) is 36.4 Å². The minimum absolute atomic E-state index is 0.0407. The number of carbonyl (C=O) groups excluding carboxylic acids is 2. The highest BCUT2D eigenvalue weighted by Crippen LogP contribution is 2.36. The molecule has 2 amide bonds. The molecule has 224 valence electrons. The monoisotopic (exact) mass is 604 g/mol. The van der Waals surface area contributed by atoms with Crippen molar-refractivity contribution in [1.82, 2.24) is 19.2 Å². The second kappa shape index (κ2) is 11.1. The van der Waals surface area contributed by atoms with Crippen LogP contribution in [0.1, 0.15) is 43.2 Å². The van der Waals surface area contributed by atoms with Gasteiger partial charge in [-0.15, -0.1) is 0 Å². The molecular formula is C28H31F3N6O4S. The molecule has 42 heavy (non-hydrogen) atoms. The summed E-state index contributed by atoms with van der Waals surface area (Å²) >= 11 is 0. The number of para-hydroxylation sites is 1. The zero-order valence-electron chi connectivity index (χ0n) is 23.1. The number of nitrogens with zero attached hydrogens (tertiary/aromatic N) is 4. The molecule has 0 spiro atoms. The topological polar surface area (TPSA) is 114 Å². The van der Waals surface area contributed by atoms with E-state index >= 15 is 0 Å². The first-order valence-corrected chi connectivity index (χ1v) is 14.9. The fourth-order valence-electron chi connectivity index (χ4n) is 5.55. The molecule has 1 aliphatic carbocycles. The molecule has 1 saturated carbocycles. The van der Waals surface area contributed by atoms with E-state index in [1.54, 1.807) is 25.2 Å². The first kappa shape index (κ1) is 29.6. The van der Waals surface area contributed by atoms with Gasteiger partial charge < -0.3 is 15.1 Å². The molecule has 1 fully saturated rings. The predicted octanol–water partition coefficient (Wildman–Crippen LogP) is 3.09. The molecule has 3 aliphatic rings. The molecule has 2 aromatic rings. The van der Waals surface area contributed by atoms with Gasteiger partial charge in [0.2, 0.25) is 12.1 Å². The number of alkyl halides is 3. The third-order valence-corrected chi connectivity index (χ3v) is 9.21. The van der Waals surface area contributed by atoms with E-state index in [-0.39, 0.29) is 17.1 Å². The van der Waals surface area contributed by atoms with Gasteiger partial charge in [-0.3, -0.25) is 9.59 Å². The Balaban J connectivity index is 1.50. The number of rotatable bonds is 6. The van der Waals surface area contributed by atoms with Gasteiger partial charge in [-0.05, 0) is 18.9 Å². The maximum Gasteiger partial charge on any atom is 0.433 e. The highest BCUT2D eigenvalue weighted by molar-refractivity contribution is 7.87. The molecule has 2 aromatic carbocycles. The average molecular weight is 605 g/mol. The second-order valence-corrected chi connectivity index (χ2v) is 12.2. The normalized spacial score (nSPS) is 20.9. The maximum absolute atomic E-state index is 14.0. The third-order valence-electron chi connectivity index (χ3n) is 7.67. The summed E-state index contributed by atoms with van der Waals surface area (Å²) in [5.74, 6) is -1.39. The number of hydrogen-bond acceptors (Lipinski definition) is 6. The molecule has 1 unspecified atom stereocenters. The average Bonchev–Trinajstić information content (AvgIpc) is 3.35. The van der Waals surface area contributed by atoms with Crippen molar-refractivity contribution in [2.75, 3.05) is 25.7 Å². The zero-order chi connectivity index (χ0) is 30.3. The Kier molecular flexibility index (Phi) is 7.79. The van der Waals surface area contributed by atoms with Crippen molar-refractivity contribution in [2.45, 2.75) is 50.0 Å². The minimum Gasteiger partial charge on any atom is -0.360 e. The van der Waals surface area contributed by atoms with Gasteiger partial charge in [0.1, 0.15) is 12.2 Å². The van der Waals surface area contributed by atoms with Gasteiger partial charge in [-0.2, -0.15) is 26.3 Å². The number of anilines is 1. The Bertz CT molecular complexity index is 1540. The summed E-state index contributed by atoms with van der Waals surface area (Å²) in [7, 11) is -1.97. The summed E-state index contributed by atoms with van der Waals surface area (Å²) in [4.78, 5) is 34.7. The second-order valence-electron chi connectivity index (χ2n) is 10.6. The maximum atomic E-state index is 14.0. The van der Waals surface area contributed by atoms with Crippen LogP contribution in [0.25, 0.3) is 0 Å². The number of hydrogen-bond donors (Lipinski definition) is 2. The molecule has 0 radical (unpaired) electrons. The molecule has 2 heterocycles. The highest BCUT2D eigenvalue weighted by Gasteiger charge is 2.50. The van der Waals surface area contributed by atoms with E-state index < -0.39 is 52.3 Å². The lowest BCUT2D eigenvalue weighted by atomic mass is 9.82. The number of halogens is 3. The number of allylic oxidation sites excluding steroid dienone is 1. The molecule has 2 aliphatic heterocycles.